The minimum Gasteiger partial charge on any atom is -0.496 e. The Bertz CT molecular complexity index is 1220. The highest BCUT2D eigenvalue weighted by atomic mass is 16.5. The maximum absolute atomic E-state index is 12.8. The van der Waals surface area contributed by atoms with Crippen molar-refractivity contribution in [3.63, 3.8) is 0 Å². The second kappa shape index (κ2) is 10.4. The van der Waals surface area contributed by atoms with Crippen LogP contribution in [0.3, 0.4) is 0 Å². The lowest BCUT2D eigenvalue weighted by Gasteiger charge is -2.13. The van der Waals surface area contributed by atoms with Gasteiger partial charge in [-0.1, -0.05) is 36.4 Å². The van der Waals surface area contributed by atoms with Crippen molar-refractivity contribution >= 4 is 11.6 Å². The maximum atomic E-state index is 12.8. The normalized spacial score (nSPS) is 10.4. The molecule has 0 unspecified atom stereocenters. The van der Waals surface area contributed by atoms with Gasteiger partial charge in [0.2, 0.25) is 0 Å². The summed E-state index contributed by atoms with van der Waals surface area (Å²) in [7, 11) is 1.60. The van der Waals surface area contributed by atoms with Gasteiger partial charge >= 0.3 is 0 Å². The number of anilines is 1. The summed E-state index contributed by atoms with van der Waals surface area (Å²) in [6.07, 6.45) is 0. The maximum Gasteiger partial charge on any atom is 0.255 e. The van der Waals surface area contributed by atoms with E-state index in [1.807, 2.05) is 85.8 Å². The van der Waals surface area contributed by atoms with Gasteiger partial charge < -0.3 is 19.5 Å². The van der Waals surface area contributed by atoms with Crippen molar-refractivity contribution in [1.29, 1.82) is 0 Å². The Morgan fingerprint density at radius 3 is 2.21 bits per heavy atom. The first kappa shape index (κ1) is 22.0. The molecule has 166 valence electrons. The van der Waals surface area contributed by atoms with Gasteiger partial charge in [0.05, 0.1) is 7.11 Å². The van der Waals surface area contributed by atoms with Gasteiger partial charge in [0.1, 0.15) is 29.6 Å². The zero-order valence-corrected chi connectivity index (χ0v) is 18.6. The van der Waals surface area contributed by atoms with Crippen LogP contribution in [0.4, 0.5) is 5.69 Å². The third kappa shape index (κ3) is 5.71. The largest absolute Gasteiger partial charge is 0.496 e. The number of benzene rings is 4. The fourth-order valence-electron chi connectivity index (χ4n) is 3.34. The number of carbonyl (C=O) groups excluding carboxylic acids is 1. The summed E-state index contributed by atoms with van der Waals surface area (Å²) < 4.78 is 17.2. The number of hydrogen-bond acceptors (Lipinski definition) is 4. The zero-order chi connectivity index (χ0) is 23.0. The molecule has 5 heteroatoms. The topological polar surface area (TPSA) is 56.8 Å². The molecule has 0 aromatic heterocycles. The molecule has 5 nitrogen and oxygen atoms in total. The lowest BCUT2D eigenvalue weighted by molar-refractivity contribution is 0.102. The van der Waals surface area contributed by atoms with Gasteiger partial charge in [-0.15, -0.1) is 0 Å². The number of hydrogen-bond donors (Lipinski definition) is 1. The Hall–Kier alpha value is -4.25. The van der Waals surface area contributed by atoms with Crippen LogP contribution in [0.15, 0.2) is 97.1 Å². The molecule has 1 N–H and O–H groups in total. The van der Waals surface area contributed by atoms with Gasteiger partial charge in [-0.2, -0.15) is 0 Å². The lowest BCUT2D eigenvalue weighted by atomic mass is 10.1. The predicted molar refractivity (Wildman–Crippen MR) is 129 cm³/mol. The van der Waals surface area contributed by atoms with Crippen LogP contribution in [0, 0.1) is 6.92 Å². The summed E-state index contributed by atoms with van der Waals surface area (Å²) in [6.45, 7) is 2.28. The van der Waals surface area contributed by atoms with Gasteiger partial charge in [0.15, 0.2) is 0 Å². The third-order valence-corrected chi connectivity index (χ3v) is 5.11. The van der Waals surface area contributed by atoms with Crippen LogP contribution in [0.5, 0.6) is 23.0 Å². The molecule has 0 aliphatic heterocycles. The summed E-state index contributed by atoms with van der Waals surface area (Å²) in [5.41, 5.74) is 3.03. The van der Waals surface area contributed by atoms with Crippen molar-refractivity contribution in [1.82, 2.24) is 0 Å². The van der Waals surface area contributed by atoms with Gasteiger partial charge in [0.25, 0.3) is 5.91 Å². The Morgan fingerprint density at radius 2 is 1.48 bits per heavy atom. The Kier molecular flexibility index (Phi) is 6.90. The van der Waals surface area contributed by atoms with Crippen molar-refractivity contribution in [2.75, 3.05) is 12.4 Å². The number of amides is 1. The van der Waals surface area contributed by atoms with E-state index in [1.54, 1.807) is 25.3 Å². The van der Waals surface area contributed by atoms with E-state index < -0.39 is 0 Å². The second-order valence-corrected chi connectivity index (χ2v) is 7.47. The van der Waals surface area contributed by atoms with Gasteiger partial charge in [-0.25, -0.2) is 0 Å². The SMILES string of the molecule is COc1ccc(C(=O)Nc2ccc(Oc3ccccc3)cc2)cc1COc1ccccc1C. The predicted octanol–water partition coefficient (Wildman–Crippen LogP) is 6.63. The van der Waals surface area contributed by atoms with Crippen LogP contribution in [0.2, 0.25) is 0 Å². The third-order valence-electron chi connectivity index (χ3n) is 5.11. The number of methoxy groups -OCH3 is 1. The van der Waals surface area contributed by atoms with Crippen molar-refractivity contribution < 1.29 is 19.0 Å². The fourth-order valence-corrected chi connectivity index (χ4v) is 3.34. The summed E-state index contributed by atoms with van der Waals surface area (Å²) in [6, 6.07) is 29.9. The standard InChI is InChI=1S/C28H25NO4/c1-20-8-6-7-11-26(20)32-19-22-18-21(12-17-27(22)31-2)28(30)29-23-13-15-25(16-14-23)33-24-9-4-3-5-10-24/h3-18H,19H2,1-2H3,(H,29,30). The molecule has 0 fully saturated rings. The summed E-state index contributed by atoms with van der Waals surface area (Å²) in [5.74, 6) is 2.70. The molecule has 0 aliphatic rings. The molecule has 4 aromatic rings. The first-order valence-electron chi connectivity index (χ1n) is 10.6. The monoisotopic (exact) mass is 439 g/mol. The minimum atomic E-state index is -0.216. The number of para-hydroxylation sites is 2. The first-order chi connectivity index (χ1) is 16.1. The van der Waals surface area contributed by atoms with Crippen LogP contribution in [-0.2, 0) is 6.61 Å². The number of ether oxygens (including phenoxy) is 3. The van der Waals surface area contributed by atoms with E-state index in [4.69, 9.17) is 14.2 Å². The molecule has 1 amide bonds. The van der Waals surface area contributed by atoms with Crippen LogP contribution in [0.1, 0.15) is 21.5 Å². The van der Waals surface area contributed by atoms with Gasteiger partial charge in [0, 0.05) is 16.8 Å². The summed E-state index contributed by atoms with van der Waals surface area (Å²) >= 11 is 0. The highest BCUT2D eigenvalue weighted by molar-refractivity contribution is 6.04. The molecular weight excluding hydrogens is 414 g/mol. The van der Waals surface area contributed by atoms with E-state index in [-0.39, 0.29) is 5.91 Å². The van der Waals surface area contributed by atoms with Crippen LogP contribution < -0.4 is 19.5 Å². The molecule has 0 aliphatic carbocycles. The van der Waals surface area contributed by atoms with Crippen molar-refractivity contribution in [2.24, 2.45) is 0 Å². The number of aryl methyl sites for hydroxylation is 1. The Morgan fingerprint density at radius 1 is 0.788 bits per heavy atom. The summed E-state index contributed by atoms with van der Waals surface area (Å²) in [4.78, 5) is 12.8. The van der Waals surface area contributed by atoms with Crippen molar-refractivity contribution in [3.05, 3.63) is 114 Å². The molecular formula is C28H25NO4. The molecule has 0 atom stereocenters. The Balaban J connectivity index is 1.43. The first-order valence-corrected chi connectivity index (χ1v) is 10.6. The quantitative estimate of drug-likeness (QED) is 0.335. The van der Waals surface area contributed by atoms with Crippen molar-refractivity contribution in [2.45, 2.75) is 13.5 Å². The van der Waals surface area contributed by atoms with Crippen LogP contribution in [-0.4, -0.2) is 13.0 Å². The molecule has 0 heterocycles. The molecule has 0 spiro atoms. The lowest BCUT2D eigenvalue weighted by Crippen LogP contribution is -2.13. The van der Waals surface area contributed by atoms with Gasteiger partial charge in [-0.05, 0) is 73.2 Å². The molecule has 4 aromatic carbocycles. The number of rotatable bonds is 8. The van der Waals surface area contributed by atoms with Crippen LogP contribution in [0.25, 0.3) is 0 Å². The van der Waals surface area contributed by atoms with E-state index in [1.165, 1.54) is 0 Å². The molecule has 0 saturated heterocycles. The highest BCUT2D eigenvalue weighted by Crippen LogP contribution is 2.25. The van der Waals surface area contributed by atoms with E-state index in [9.17, 15) is 4.79 Å². The van der Waals surface area contributed by atoms with E-state index >= 15 is 0 Å². The molecule has 0 bridgehead atoms. The average molecular weight is 440 g/mol. The smallest absolute Gasteiger partial charge is 0.255 e. The number of nitrogens with one attached hydrogen (secondary N) is 1. The number of carbonyl (C=O) groups is 1. The summed E-state index contributed by atoms with van der Waals surface area (Å²) in [5, 5.41) is 2.92. The molecule has 0 radical (unpaired) electrons. The van der Waals surface area contributed by atoms with Crippen LogP contribution >= 0.6 is 0 Å². The minimum absolute atomic E-state index is 0.216. The second-order valence-electron chi connectivity index (χ2n) is 7.47. The zero-order valence-electron chi connectivity index (χ0n) is 18.6. The van der Waals surface area contributed by atoms with Gasteiger partial charge in [-0.3, -0.25) is 4.79 Å². The van der Waals surface area contributed by atoms with E-state index in [0.717, 1.165) is 22.6 Å². The fraction of sp³-hybridized carbons (Fsp3) is 0.107. The van der Waals surface area contributed by atoms with E-state index in [0.29, 0.717) is 29.4 Å². The Labute approximate surface area is 193 Å². The molecule has 0 saturated carbocycles. The molecule has 4 rings (SSSR count). The van der Waals surface area contributed by atoms with Crippen molar-refractivity contribution in [3.8, 4) is 23.0 Å². The van der Waals surface area contributed by atoms with E-state index in [2.05, 4.69) is 5.32 Å². The highest BCUT2D eigenvalue weighted by Gasteiger charge is 2.12. The average Bonchev–Trinajstić information content (AvgIpc) is 2.85. The molecule has 33 heavy (non-hydrogen) atoms.